The molecular formula is C20H33BN2O5. The van der Waals surface area contributed by atoms with Gasteiger partial charge in [-0.15, -0.1) is 0 Å². The second kappa shape index (κ2) is 9.26. The van der Waals surface area contributed by atoms with E-state index in [1.165, 1.54) is 7.11 Å². The summed E-state index contributed by atoms with van der Waals surface area (Å²) in [5.74, 6) is 0.0485. The molecule has 156 valence electrons. The number of hydrogen-bond donors (Lipinski definition) is 2. The lowest BCUT2D eigenvalue weighted by Crippen LogP contribution is -2.55. The van der Waals surface area contributed by atoms with Crippen molar-refractivity contribution in [3.05, 3.63) is 30.3 Å². The maximum Gasteiger partial charge on any atom is 0.481 e. The maximum atomic E-state index is 12.6. The minimum atomic E-state index is -0.787. The largest absolute Gasteiger partial charge is 0.494 e. The Kier molecular flexibility index (Phi) is 7.50. The first-order chi connectivity index (χ1) is 13.1. The fraction of sp³-hybridized carbons (Fsp3) is 0.650. The smallest absolute Gasteiger partial charge is 0.481 e. The van der Waals surface area contributed by atoms with Crippen molar-refractivity contribution in [3.63, 3.8) is 0 Å². The fourth-order valence-corrected chi connectivity index (χ4v) is 2.79. The number of nitrogens with one attached hydrogen (secondary N) is 1. The molecule has 28 heavy (non-hydrogen) atoms. The van der Waals surface area contributed by atoms with E-state index in [2.05, 4.69) is 5.32 Å². The molecule has 7 nitrogen and oxygen atoms in total. The second-order valence-electron chi connectivity index (χ2n) is 8.16. The van der Waals surface area contributed by atoms with Crippen LogP contribution in [0.15, 0.2) is 30.3 Å². The number of nitrogens with two attached hydrogens (primary N) is 1. The summed E-state index contributed by atoms with van der Waals surface area (Å²) in [6.45, 7) is 10.1. The lowest BCUT2D eigenvalue weighted by molar-refractivity contribution is -0.125. The van der Waals surface area contributed by atoms with Crippen molar-refractivity contribution in [1.82, 2.24) is 5.32 Å². The van der Waals surface area contributed by atoms with E-state index in [-0.39, 0.29) is 5.91 Å². The van der Waals surface area contributed by atoms with Gasteiger partial charge in [0.15, 0.2) is 0 Å². The lowest BCUT2D eigenvalue weighted by atomic mass is 9.76. The number of carbonyl (C=O) groups excluding carboxylic acids is 1. The number of benzene rings is 1. The lowest BCUT2D eigenvalue weighted by Gasteiger charge is -2.32. The molecule has 1 fully saturated rings. The van der Waals surface area contributed by atoms with Gasteiger partial charge in [-0.3, -0.25) is 4.79 Å². The number of ether oxygens (including phenoxy) is 2. The first-order valence-corrected chi connectivity index (χ1v) is 9.69. The summed E-state index contributed by atoms with van der Waals surface area (Å²) < 4.78 is 23.2. The van der Waals surface area contributed by atoms with Crippen LogP contribution in [0.4, 0.5) is 0 Å². The van der Waals surface area contributed by atoms with Gasteiger partial charge in [-0.05, 0) is 46.8 Å². The molecule has 0 bridgehead atoms. The Hall–Kier alpha value is -1.61. The second-order valence-corrected chi connectivity index (χ2v) is 8.16. The first-order valence-electron chi connectivity index (χ1n) is 9.69. The van der Waals surface area contributed by atoms with E-state index in [4.69, 9.17) is 24.5 Å². The Bertz CT molecular complexity index is 625. The maximum absolute atomic E-state index is 12.6. The van der Waals surface area contributed by atoms with Gasteiger partial charge in [-0.2, -0.15) is 0 Å². The van der Waals surface area contributed by atoms with Gasteiger partial charge >= 0.3 is 7.12 Å². The molecule has 1 aliphatic heterocycles. The molecule has 1 aromatic carbocycles. The van der Waals surface area contributed by atoms with Crippen LogP contribution in [0.3, 0.4) is 0 Å². The molecule has 1 amide bonds. The minimum absolute atomic E-state index is 0.311. The molecule has 2 rings (SSSR count). The van der Waals surface area contributed by atoms with Crippen molar-refractivity contribution in [2.45, 2.75) is 70.3 Å². The van der Waals surface area contributed by atoms with Crippen LogP contribution < -0.4 is 15.8 Å². The molecule has 0 aliphatic carbocycles. The minimum Gasteiger partial charge on any atom is -0.494 e. The molecule has 1 heterocycles. The van der Waals surface area contributed by atoms with E-state index >= 15 is 0 Å². The van der Waals surface area contributed by atoms with Crippen LogP contribution in [0.5, 0.6) is 5.75 Å². The quantitative estimate of drug-likeness (QED) is 0.624. The highest BCUT2D eigenvalue weighted by Crippen LogP contribution is 2.37. The third-order valence-corrected chi connectivity index (χ3v) is 5.55. The Labute approximate surface area is 168 Å². The first kappa shape index (κ1) is 22.7. The summed E-state index contributed by atoms with van der Waals surface area (Å²) in [5, 5.41) is 2.96. The van der Waals surface area contributed by atoms with Crippen LogP contribution in [0, 0.1) is 0 Å². The summed E-state index contributed by atoms with van der Waals surface area (Å²) >= 11 is 0. The summed E-state index contributed by atoms with van der Waals surface area (Å²) in [5.41, 5.74) is 5.00. The normalized spacial score (nSPS) is 21.0. The molecule has 8 heteroatoms. The van der Waals surface area contributed by atoms with Crippen molar-refractivity contribution < 1.29 is 23.6 Å². The molecule has 1 aromatic rings. The third-order valence-electron chi connectivity index (χ3n) is 5.55. The van der Waals surface area contributed by atoms with Crippen LogP contribution in [-0.4, -0.2) is 56.0 Å². The molecule has 0 saturated carbocycles. The van der Waals surface area contributed by atoms with Crippen molar-refractivity contribution in [2.75, 3.05) is 13.7 Å². The zero-order valence-corrected chi connectivity index (χ0v) is 17.7. The van der Waals surface area contributed by atoms with Gasteiger partial charge in [-0.1, -0.05) is 18.2 Å². The van der Waals surface area contributed by atoms with Gasteiger partial charge in [0.25, 0.3) is 0 Å². The van der Waals surface area contributed by atoms with Crippen LogP contribution in [0.25, 0.3) is 0 Å². The molecule has 0 radical (unpaired) electrons. The van der Waals surface area contributed by atoms with Gasteiger partial charge in [0.1, 0.15) is 11.8 Å². The number of amides is 1. The molecular weight excluding hydrogens is 359 g/mol. The Balaban J connectivity index is 2.06. The van der Waals surface area contributed by atoms with Crippen molar-refractivity contribution in [1.29, 1.82) is 0 Å². The number of carbonyl (C=O) groups is 1. The number of rotatable bonds is 9. The van der Waals surface area contributed by atoms with Gasteiger partial charge < -0.3 is 29.8 Å². The zero-order valence-electron chi connectivity index (χ0n) is 17.7. The van der Waals surface area contributed by atoms with Crippen molar-refractivity contribution in [3.8, 4) is 5.75 Å². The van der Waals surface area contributed by atoms with Crippen molar-refractivity contribution >= 4 is 13.0 Å². The highest BCUT2D eigenvalue weighted by Gasteiger charge is 2.54. The predicted molar refractivity (Wildman–Crippen MR) is 109 cm³/mol. The average molecular weight is 392 g/mol. The van der Waals surface area contributed by atoms with Gasteiger partial charge in [0.2, 0.25) is 5.91 Å². The highest BCUT2D eigenvalue weighted by atomic mass is 16.7. The number of para-hydroxylation sites is 1. The van der Waals surface area contributed by atoms with E-state index in [9.17, 15) is 4.79 Å². The highest BCUT2D eigenvalue weighted by molar-refractivity contribution is 6.48. The number of hydrogen-bond acceptors (Lipinski definition) is 6. The Morgan fingerprint density at radius 1 is 1.18 bits per heavy atom. The molecule has 1 saturated heterocycles. The topological polar surface area (TPSA) is 92.0 Å². The van der Waals surface area contributed by atoms with Gasteiger partial charge in [0, 0.05) is 13.5 Å². The summed E-state index contributed by atoms with van der Waals surface area (Å²) in [6, 6.07) is 8.74. The van der Waals surface area contributed by atoms with E-state index in [1.54, 1.807) is 6.92 Å². The summed E-state index contributed by atoms with van der Waals surface area (Å²) in [7, 11) is 0.926. The predicted octanol–water partition coefficient (Wildman–Crippen LogP) is 1.93. The van der Waals surface area contributed by atoms with E-state index < -0.39 is 36.4 Å². The summed E-state index contributed by atoms with van der Waals surface area (Å²) in [4.78, 5) is 12.6. The molecule has 1 aliphatic rings. The monoisotopic (exact) mass is 392 g/mol. The molecule has 3 N–H and O–H groups in total. The molecule has 3 atom stereocenters. The zero-order chi connectivity index (χ0) is 20.9. The van der Waals surface area contributed by atoms with E-state index in [1.807, 2.05) is 58.0 Å². The van der Waals surface area contributed by atoms with Crippen LogP contribution in [0.2, 0.25) is 0 Å². The van der Waals surface area contributed by atoms with Crippen LogP contribution >= 0.6 is 0 Å². The Morgan fingerprint density at radius 2 is 1.75 bits per heavy atom. The number of methoxy groups -OCH3 is 1. The average Bonchev–Trinajstić information content (AvgIpc) is 2.87. The van der Waals surface area contributed by atoms with Gasteiger partial charge in [-0.25, -0.2) is 0 Å². The SMILES string of the molecule is CO[C@@H](C)[C@@H](N)C(=O)N[C@@H](CCOc1ccccc1)B1OC(C)(C)C(C)(C)O1. The van der Waals surface area contributed by atoms with Crippen LogP contribution in [0.1, 0.15) is 41.0 Å². The van der Waals surface area contributed by atoms with E-state index in [0.29, 0.717) is 13.0 Å². The summed E-state index contributed by atoms with van der Waals surface area (Å²) in [6.07, 6.45) is 0.102. The fourth-order valence-electron chi connectivity index (χ4n) is 2.79. The van der Waals surface area contributed by atoms with Crippen molar-refractivity contribution in [2.24, 2.45) is 5.73 Å². The molecule has 0 spiro atoms. The van der Waals surface area contributed by atoms with E-state index in [0.717, 1.165) is 5.75 Å². The molecule has 0 aromatic heterocycles. The molecule has 0 unspecified atom stereocenters. The van der Waals surface area contributed by atoms with Crippen LogP contribution in [-0.2, 0) is 18.8 Å². The van der Waals surface area contributed by atoms with Gasteiger partial charge in [0.05, 0.1) is 29.9 Å². The Morgan fingerprint density at radius 3 is 2.29 bits per heavy atom. The third kappa shape index (κ3) is 5.47. The standard InChI is InChI=1S/C20H33BN2O5/c1-14(25-6)17(22)18(24)23-16(12-13-26-15-10-8-7-9-11-15)21-27-19(2,3)20(4,5)28-21/h7-11,14,16-17H,12-13,22H2,1-6H3,(H,23,24)/t14-,16-,17+/m0/s1.